The van der Waals surface area contributed by atoms with Crippen LogP contribution in [0.15, 0.2) is 46.6 Å². The zero-order valence-corrected chi connectivity index (χ0v) is 10.6. The van der Waals surface area contributed by atoms with Crippen LogP contribution in [0, 0.1) is 0 Å². The molecule has 0 fully saturated rings. The molecule has 1 N–H and O–H groups in total. The van der Waals surface area contributed by atoms with Gasteiger partial charge in [0, 0.05) is 17.3 Å². The Kier molecular flexibility index (Phi) is 3.93. The van der Waals surface area contributed by atoms with Gasteiger partial charge < -0.3 is 5.11 Å². The maximum Gasteiger partial charge on any atom is 0.419 e. The first-order valence-corrected chi connectivity index (χ1v) is 6.09. The molecule has 0 aliphatic carbocycles. The SMILES string of the molecule is O=C(O)c1cc(Sc2ncccc2C(F)(F)F)ccn1. The topological polar surface area (TPSA) is 63.1 Å². The van der Waals surface area contributed by atoms with Gasteiger partial charge in [-0.05, 0) is 24.3 Å². The lowest BCUT2D eigenvalue weighted by Gasteiger charge is -2.10. The minimum atomic E-state index is -4.51. The Morgan fingerprint density at radius 1 is 1.20 bits per heavy atom. The molecule has 20 heavy (non-hydrogen) atoms. The van der Waals surface area contributed by atoms with Crippen LogP contribution >= 0.6 is 11.8 Å². The Balaban J connectivity index is 2.36. The summed E-state index contributed by atoms with van der Waals surface area (Å²) in [5, 5.41) is 8.56. The first-order chi connectivity index (χ1) is 9.38. The van der Waals surface area contributed by atoms with E-state index in [-0.39, 0.29) is 10.7 Å². The maximum absolute atomic E-state index is 12.8. The van der Waals surface area contributed by atoms with Gasteiger partial charge in [-0.1, -0.05) is 11.8 Å². The maximum atomic E-state index is 12.8. The van der Waals surface area contributed by atoms with E-state index in [4.69, 9.17) is 5.11 Å². The summed E-state index contributed by atoms with van der Waals surface area (Å²) >= 11 is 0.738. The summed E-state index contributed by atoms with van der Waals surface area (Å²) in [4.78, 5) is 18.4. The van der Waals surface area contributed by atoms with Crippen LogP contribution in [0.3, 0.4) is 0 Å². The number of aromatic carboxylic acids is 1. The van der Waals surface area contributed by atoms with Crippen molar-refractivity contribution in [2.24, 2.45) is 0 Å². The lowest BCUT2D eigenvalue weighted by Crippen LogP contribution is -2.07. The number of carbonyl (C=O) groups is 1. The van der Waals surface area contributed by atoms with E-state index in [9.17, 15) is 18.0 Å². The normalized spacial score (nSPS) is 11.3. The van der Waals surface area contributed by atoms with E-state index in [1.165, 1.54) is 30.6 Å². The highest BCUT2D eigenvalue weighted by Gasteiger charge is 2.34. The molecule has 0 saturated heterocycles. The standard InChI is InChI=1S/C12H7F3N2O2S/c13-12(14,15)8-2-1-4-17-10(8)20-7-3-5-16-9(6-7)11(18)19/h1-6H,(H,18,19). The zero-order chi connectivity index (χ0) is 14.8. The number of pyridine rings is 2. The molecule has 8 heteroatoms. The third-order valence-corrected chi connectivity index (χ3v) is 3.25. The Hall–Kier alpha value is -2.09. The molecular formula is C12H7F3N2O2S. The van der Waals surface area contributed by atoms with Gasteiger partial charge in [0.1, 0.15) is 10.7 Å². The molecule has 2 rings (SSSR count). The van der Waals surface area contributed by atoms with E-state index in [2.05, 4.69) is 9.97 Å². The van der Waals surface area contributed by atoms with E-state index in [0.717, 1.165) is 17.8 Å². The third-order valence-electron chi connectivity index (χ3n) is 2.24. The molecule has 2 heterocycles. The van der Waals surface area contributed by atoms with E-state index < -0.39 is 17.7 Å². The minimum absolute atomic E-state index is 0.234. The number of hydrogen-bond acceptors (Lipinski definition) is 4. The van der Waals surface area contributed by atoms with Crippen molar-refractivity contribution in [3.8, 4) is 0 Å². The molecule has 0 unspecified atom stereocenters. The van der Waals surface area contributed by atoms with Crippen molar-refractivity contribution in [2.75, 3.05) is 0 Å². The summed E-state index contributed by atoms with van der Waals surface area (Å²) in [6.45, 7) is 0. The molecule has 0 bridgehead atoms. The molecule has 104 valence electrons. The van der Waals surface area contributed by atoms with Gasteiger partial charge in [0.25, 0.3) is 0 Å². The third kappa shape index (κ3) is 3.27. The van der Waals surface area contributed by atoms with Crippen LogP contribution in [0.1, 0.15) is 16.1 Å². The molecule has 0 radical (unpaired) electrons. The fraction of sp³-hybridized carbons (Fsp3) is 0.0833. The molecule has 4 nitrogen and oxygen atoms in total. The summed E-state index contributed by atoms with van der Waals surface area (Å²) in [7, 11) is 0. The summed E-state index contributed by atoms with van der Waals surface area (Å²) < 4.78 is 38.4. The number of carboxylic acids is 1. The first kappa shape index (κ1) is 14.3. The number of alkyl halides is 3. The van der Waals surface area contributed by atoms with E-state index in [1.807, 2.05) is 0 Å². The van der Waals surface area contributed by atoms with Crippen LogP contribution < -0.4 is 0 Å². The van der Waals surface area contributed by atoms with Gasteiger partial charge in [0.15, 0.2) is 0 Å². The van der Waals surface area contributed by atoms with Crippen LogP contribution in [0.5, 0.6) is 0 Å². The molecular weight excluding hydrogens is 293 g/mol. The first-order valence-electron chi connectivity index (χ1n) is 5.27. The number of halogens is 3. The number of nitrogens with zero attached hydrogens (tertiary/aromatic N) is 2. The smallest absolute Gasteiger partial charge is 0.419 e. The second kappa shape index (κ2) is 5.49. The van der Waals surface area contributed by atoms with Crippen LogP contribution in [-0.2, 0) is 6.18 Å². The number of hydrogen-bond donors (Lipinski definition) is 1. The van der Waals surface area contributed by atoms with Crippen LogP contribution in [0.2, 0.25) is 0 Å². The van der Waals surface area contributed by atoms with Gasteiger partial charge in [-0.2, -0.15) is 13.2 Å². The van der Waals surface area contributed by atoms with Crippen molar-refractivity contribution in [2.45, 2.75) is 16.1 Å². The van der Waals surface area contributed by atoms with Gasteiger partial charge in [0.2, 0.25) is 0 Å². The summed E-state index contributed by atoms with van der Waals surface area (Å²) in [5.74, 6) is -1.25. The Morgan fingerprint density at radius 3 is 2.60 bits per heavy atom. The highest BCUT2D eigenvalue weighted by molar-refractivity contribution is 7.99. The predicted molar refractivity (Wildman–Crippen MR) is 64.6 cm³/mol. The van der Waals surface area contributed by atoms with E-state index in [0.29, 0.717) is 4.90 Å². The number of carboxylic acid groups (broad SMARTS) is 1. The molecule has 0 amide bonds. The fourth-order valence-electron chi connectivity index (χ4n) is 1.39. The molecule has 2 aromatic heterocycles. The van der Waals surface area contributed by atoms with Gasteiger partial charge >= 0.3 is 12.1 Å². The number of rotatable bonds is 3. The van der Waals surface area contributed by atoms with E-state index >= 15 is 0 Å². The average molecular weight is 300 g/mol. The molecule has 0 spiro atoms. The molecule has 0 atom stereocenters. The van der Waals surface area contributed by atoms with Gasteiger partial charge in [-0.15, -0.1) is 0 Å². The Labute approximate surface area is 115 Å². The highest BCUT2D eigenvalue weighted by Crippen LogP contribution is 2.37. The lowest BCUT2D eigenvalue weighted by atomic mass is 10.3. The van der Waals surface area contributed by atoms with Crippen molar-refractivity contribution in [1.82, 2.24) is 9.97 Å². The van der Waals surface area contributed by atoms with Crippen molar-refractivity contribution in [3.05, 3.63) is 47.9 Å². The minimum Gasteiger partial charge on any atom is -0.477 e. The molecule has 0 aromatic carbocycles. The average Bonchev–Trinajstić information content (AvgIpc) is 2.38. The summed E-state index contributed by atoms with van der Waals surface area (Å²) in [6, 6.07) is 4.74. The van der Waals surface area contributed by atoms with Crippen molar-refractivity contribution in [3.63, 3.8) is 0 Å². The van der Waals surface area contributed by atoms with Crippen LogP contribution in [-0.4, -0.2) is 21.0 Å². The highest BCUT2D eigenvalue weighted by atomic mass is 32.2. The van der Waals surface area contributed by atoms with Crippen LogP contribution in [0.25, 0.3) is 0 Å². The zero-order valence-electron chi connectivity index (χ0n) is 9.76. The Morgan fingerprint density at radius 2 is 1.95 bits per heavy atom. The van der Waals surface area contributed by atoms with Crippen LogP contribution in [0.4, 0.5) is 13.2 Å². The second-order valence-electron chi connectivity index (χ2n) is 3.64. The molecule has 0 saturated carbocycles. The van der Waals surface area contributed by atoms with E-state index in [1.54, 1.807) is 0 Å². The summed E-state index contributed by atoms with van der Waals surface area (Å²) in [6.07, 6.45) is -2.04. The molecule has 0 aliphatic heterocycles. The monoisotopic (exact) mass is 300 g/mol. The summed E-state index contributed by atoms with van der Waals surface area (Å²) in [5.41, 5.74) is -1.10. The molecule has 2 aromatic rings. The van der Waals surface area contributed by atoms with Crippen molar-refractivity contribution >= 4 is 17.7 Å². The van der Waals surface area contributed by atoms with Gasteiger partial charge in [-0.3, -0.25) is 0 Å². The van der Waals surface area contributed by atoms with Crippen molar-refractivity contribution in [1.29, 1.82) is 0 Å². The van der Waals surface area contributed by atoms with Crippen molar-refractivity contribution < 1.29 is 23.1 Å². The van der Waals surface area contributed by atoms with Gasteiger partial charge in [0.05, 0.1) is 5.56 Å². The lowest BCUT2D eigenvalue weighted by molar-refractivity contribution is -0.140. The molecule has 0 aliphatic rings. The Bertz CT molecular complexity index is 647. The fourth-order valence-corrected chi connectivity index (χ4v) is 2.32. The largest absolute Gasteiger partial charge is 0.477 e. The number of aromatic nitrogens is 2. The predicted octanol–water partition coefficient (Wildman–Crippen LogP) is 3.34. The second-order valence-corrected chi connectivity index (χ2v) is 4.70. The van der Waals surface area contributed by atoms with Gasteiger partial charge in [-0.25, -0.2) is 14.8 Å². The quantitative estimate of drug-likeness (QED) is 0.942.